The van der Waals surface area contributed by atoms with Gasteiger partial charge in [-0.05, 0) is 48.0 Å². The van der Waals surface area contributed by atoms with Crippen LogP contribution in [0.1, 0.15) is 30.1 Å². The second-order valence-electron chi connectivity index (χ2n) is 6.06. The Labute approximate surface area is 144 Å². The van der Waals surface area contributed by atoms with Crippen molar-refractivity contribution in [2.24, 2.45) is 0 Å². The lowest BCUT2D eigenvalue weighted by Gasteiger charge is -2.42. The summed E-state index contributed by atoms with van der Waals surface area (Å²) in [7, 11) is 0. The zero-order valence-corrected chi connectivity index (χ0v) is 13.9. The molecule has 0 radical (unpaired) electrons. The summed E-state index contributed by atoms with van der Waals surface area (Å²) in [6.45, 7) is 2.67. The van der Waals surface area contributed by atoms with E-state index in [1.165, 1.54) is 11.0 Å². The third kappa shape index (κ3) is 4.00. The normalized spacial score (nSPS) is 19.4. The predicted octanol–water partition coefficient (Wildman–Crippen LogP) is 0.330. The monoisotopic (exact) mass is 344 g/mol. The van der Waals surface area contributed by atoms with Crippen LogP contribution in [-0.4, -0.2) is 67.3 Å². The average Bonchev–Trinajstić information content (AvgIpc) is 3.10. The van der Waals surface area contributed by atoms with Gasteiger partial charge in [0.1, 0.15) is 6.33 Å². The number of nitrogens with one attached hydrogen (secondary N) is 1. The molecule has 1 aliphatic carbocycles. The highest BCUT2D eigenvalue weighted by atomic mass is 16.4. The van der Waals surface area contributed by atoms with Crippen LogP contribution in [0.2, 0.25) is 0 Å². The van der Waals surface area contributed by atoms with Crippen LogP contribution in [0.5, 0.6) is 0 Å². The summed E-state index contributed by atoms with van der Waals surface area (Å²) in [6.07, 6.45) is 2.99. The molecule has 0 bridgehead atoms. The molecular formula is C16H20N6O3. The lowest BCUT2D eigenvalue weighted by Crippen LogP contribution is -2.54. The minimum absolute atomic E-state index is 0.0375. The van der Waals surface area contributed by atoms with Gasteiger partial charge in [-0.1, -0.05) is 13.0 Å². The molecule has 1 heterocycles. The summed E-state index contributed by atoms with van der Waals surface area (Å²) in [5, 5.41) is 22.9. The molecule has 9 heteroatoms. The van der Waals surface area contributed by atoms with Crippen molar-refractivity contribution >= 4 is 11.9 Å². The largest absolute Gasteiger partial charge is 0.480 e. The molecule has 1 amide bonds. The molecule has 2 aromatic rings. The number of carboxylic acids is 1. The maximum atomic E-state index is 12.4. The van der Waals surface area contributed by atoms with Gasteiger partial charge in [-0.3, -0.25) is 14.5 Å². The molecule has 0 atom stereocenters. The SMILES string of the molecule is CCN(CC(=O)O)C1CC(NC(=O)c2cccc(-n3cnnn3)c2)C1. The van der Waals surface area contributed by atoms with E-state index in [1.54, 1.807) is 18.2 Å². The highest BCUT2D eigenvalue weighted by molar-refractivity contribution is 5.95. The summed E-state index contributed by atoms with van der Waals surface area (Å²) < 4.78 is 1.49. The van der Waals surface area contributed by atoms with Gasteiger partial charge in [0.2, 0.25) is 0 Å². The first-order valence-corrected chi connectivity index (χ1v) is 8.17. The Bertz CT molecular complexity index is 742. The van der Waals surface area contributed by atoms with Crippen molar-refractivity contribution in [1.29, 1.82) is 0 Å². The minimum atomic E-state index is -0.825. The fraction of sp³-hybridized carbons (Fsp3) is 0.438. The molecule has 132 valence electrons. The smallest absolute Gasteiger partial charge is 0.317 e. The number of nitrogens with zero attached hydrogens (tertiary/aromatic N) is 5. The Morgan fingerprint density at radius 3 is 2.84 bits per heavy atom. The topological polar surface area (TPSA) is 113 Å². The van der Waals surface area contributed by atoms with Gasteiger partial charge in [-0.15, -0.1) is 5.10 Å². The highest BCUT2D eigenvalue weighted by Gasteiger charge is 2.34. The number of hydrogen-bond acceptors (Lipinski definition) is 6. The van der Waals surface area contributed by atoms with Gasteiger partial charge in [0, 0.05) is 17.6 Å². The maximum Gasteiger partial charge on any atom is 0.317 e. The molecule has 0 saturated heterocycles. The lowest BCUT2D eigenvalue weighted by atomic mass is 9.85. The number of carbonyl (C=O) groups excluding carboxylic acids is 1. The molecular weight excluding hydrogens is 324 g/mol. The maximum absolute atomic E-state index is 12.4. The third-order valence-corrected chi connectivity index (χ3v) is 4.43. The fourth-order valence-corrected chi connectivity index (χ4v) is 3.01. The van der Waals surface area contributed by atoms with Crippen LogP contribution in [0.3, 0.4) is 0 Å². The number of likely N-dealkylation sites (N-methyl/N-ethyl adjacent to an activating group) is 1. The van der Waals surface area contributed by atoms with Crippen LogP contribution < -0.4 is 5.32 Å². The molecule has 25 heavy (non-hydrogen) atoms. The van der Waals surface area contributed by atoms with E-state index in [1.807, 2.05) is 17.9 Å². The van der Waals surface area contributed by atoms with Gasteiger partial charge < -0.3 is 10.4 Å². The third-order valence-electron chi connectivity index (χ3n) is 4.43. The first kappa shape index (κ1) is 17.0. The van der Waals surface area contributed by atoms with Gasteiger partial charge in [0.15, 0.2) is 0 Å². The Morgan fingerprint density at radius 2 is 2.20 bits per heavy atom. The van der Waals surface area contributed by atoms with Crippen molar-refractivity contribution < 1.29 is 14.7 Å². The van der Waals surface area contributed by atoms with E-state index in [2.05, 4.69) is 20.8 Å². The van der Waals surface area contributed by atoms with Crippen LogP contribution >= 0.6 is 0 Å². The molecule has 2 N–H and O–H groups in total. The number of tetrazole rings is 1. The number of benzene rings is 1. The molecule has 1 saturated carbocycles. The van der Waals surface area contributed by atoms with Crippen molar-refractivity contribution in [2.75, 3.05) is 13.1 Å². The lowest BCUT2D eigenvalue weighted by molar-refractivity contribution is -0.139. The summed E-state index contributed by atoms with van der Waals surface area (Å²) >= 11 is 0. The van der Waals surface area contributed by atoms with Gasteiger partial charge in [-0.2, -0.15) is 0 Å². The zero-order valence-electron chi connectivity index (χ0n) is 13.9. The summed E-state index contributed by atoms with van der Waals surface area (Å²) in [6, 6.07) is 7.34. The second-order valence-corrected chi connectivity index (χ2v) is 6.06. The standard InChI is InChI=1S/C16H20N6O3/c1-2-21(9-15(23)24)14-7-12(8-14)18-16(25)11-4-3-5-13(6-11)22-10-17-19-20-22/h3-6,10,12,14H,2,7-9H2,1H3,(H,18,25)(H,23,24). The van der Waals surface area contributed by atoms with Crippen molar-refractivity contribution in [3.05, 3.63) is 36.2 Å². The van der Waals surface area contributed by atoms with Crippen LogP contribution in [-0.2, 0) is 4.79 Å². The van der Waals surface area contributed by atoms with Gasteiger partial charge in [0.25, 0.3) is 5.91 Å². The Hall–Kier alpha value is -2.81. The Balaban J connectivity index is 1.56. The Kier molecular flexibility index (Phi) is 5.03. The van der Waals surface area contributed by atoms with Crippen molar-refractivity contribution in [3.63, 3.8) is 0 Å². The molecule has 0 aliphatic heterocycles. The van der Waals surface area contributed by atoms with E-state index in [-0.39, 0.29) is 24.5 Å². The molecule has 3 rings (SSSR count). The first-order chi connectivity index (χ1) is 12.1. The number of aromatic nitrogens is 4. The van der Waals surface area contributed by atoms with Crippen molar-refractivity contribution in [2.45, 2.75) is 31.8 Å². The predicted molar refractivity (Wildman–Crippen MR) is 88.3 cm³/mol. The zero-order chi connectivity index (χ0) is 17.8. The summed E-state index contributed by atoms with van der Waals surface area (Å²) in [5.74, 6) is -0.978. The second kappa shape index (κ2) is 7.39. The quantitative estimate of drug-likeness (QED) is 0.744. The highest BCUT2D eigenvalue weighted by Crippen LogP contribution is 2.26. The van der Waals surface area contributed by atoms with E-state index in [0.29, 0.717) is 17.8 Å². The molecule has 1 fully saturated rings. The van der Waals surface area contributed by atoms with Crippen LogP contribution in [0, 0.1) is 0 Å². The van der Waals surface area contributed by atoms with E-state index >= 15 is 0 Å². The van der Waals surface area contributed by atoms with Crippen LogP contribution in [0.25, 0.3) is 5.69 Å². The first-order valence-electron chi connectivity index (χ1n) is 8.17. The Morgan fingerprint density at radius 1 is 1.40 bits per heavy atom. The fourth-order valence-electron chi connectivity index (χ4n) is 3.01. The number of carbonyl (C=O) groups is 2. The van der Waals surface area contributed by atoms with Gasteiger partial charge in [0.05, 0.1) is 12.2 Å². The number of amides is 1. The number of aliphatic carboxylic acids is 1. The average molecular weight is 344 g/mol. The van der Waals surface area contributed by atoms with E-state index < -0.39 is 5.97 Å². The molecule has 1 aromatic carbocycles. The molecule has 0 unspecified atom stereocenters. The molecule has 1 aromatic heterocycles. The van der Waals surface area contributed by atoms with Crippen LogP contribution in [0.4, 0.5) is 0 Å². The summed E-state index contributed by atoms with van der Waals surface area (Å²) in [5.41, 5.74) is 1.25. The van der Waals surface area contributed by atoms with Crippen molar-refractivity contribution in [3.8, 4) is 5.69 Å². The molecule has 9 nitrogen and oxygen atoms in total. The number of rotatable bonds is 7. The number of carboxylic acid groups (broad SMARTS) is 1. The summed E-state index contributed by atoms with van der Waals surface area (Å²) in [4.78, 5) is 25.2. The number of hydrogen-bond donors (Lipinski definition) is 2. The minimum Gasteiger partial charge on any atom is -0.480 e. The van der Waals surface area contributed by atoms with E-state index in [0.717, 1.165) is 12.8 Å². The van der Waals surface area contributed by atoms with E-state index in [9.17, 15) is 9.59 Å². The van der Waals surface area contributed by atoms with Crippen LogP contribution in [0.15, 0.2) is 30.6 Å². The van der Waals surface area contributed by atoms with Gasteiger partial charge in [-0.25, -0.2) is 4.68 Å². The van der Waals surface area contributed by atoms with Crippen molar-refractivity contribution in [1.82, 2.24) is 30.4 Å². The molecule has 0 spiro atoms. The van der Waals surface area contributed by atoms with Gasteiger partial charge >= 0.3 is 5.97 Å². The van der Waals surface area contributed by atoms with E-state index in [4.69, 9.17) is 5.11 Å². The molecule has 1 aliphatic rings.